The van der Waals surface area contributed by atoms with Crippen LogP contribution >= 0.6 is 7.82 Å². The van der Waals surface area contributed by atoms with Gasteiger partial charge in [0, 0.05) is 19.3 Å². The van der Waals surface area contributed by atoms with Crippen LogP contribution in [-0.2, 0) is 71.1 Å². The van der Waals surface area contributed by atoms with Crippen LogP contribution in [0, 0.1) is 0 Å². The Hall–Kier alpha value is -3.72. The molecule has 0 aromatic carbocycles. The van der Waals surface area contributed by atoms with Gasteiger partial charge in [0.1, 0.15) is 36.6 Å². The second-order valence-corrected chi connectivity index (χ2v) is 30.4. The average molecular weight is 1470 g/mol. The summed E-state index contributed by atoms with van der Waals surface area (Å²) in [7, 11) is -5.56. The van der Waals surface area contributed by atoms with Crippen LogP contribution in [0.5, 0.6) is 0 Å². The minimum atomic E-state index is -5.56. The van der Waals surface area contributed by atoms with Crippen molar-refractivity contribution in [2.75, 3.05) is 13.2 Å². The van der Waals surface area contributed by atoms with Gasteiger partial charge in [-0.1, -0.05) is 305 Å². The molecule has 2 amide bonds. The van der Waals surface area contributed by atoms with E-state index in [-0.39, 0.29) is 32.1 Å². The van der Waals surface area contributed by atoms with Gasteiger partial charge in [-0.2, -0.15) is 0 Å². The van der Waals surface area contributed by atoms with E-state index in [9.17, 15) is 58.1 Å². The van der Waals surface area contributed by atoms with E-state index in [1.807, 2.05) is 0 Å². The normalized spacial score (nSPS) is 17.3. The molecule has 3 unspecified atom stereocenters. The predicted molar refractivity (Wildman–Crippen MR) is 402 cm³/mol. The van der Waals surface area contributed by atoms with Gasteiger partial charge in [0.15, 0.2) is 18.4 Å². The molecule has 0 aliphatic carbocycles. The highest BCUT2D eigenvalue weighted by Crippen LogP contribution is 2.42. The van der Waals surface area contributed by atoms with E-state index in [0.717, 1.165) is 231 Å². The highest BCUT2D eigenvalue weighted by atomic mass is 31.2. The largest absolute Gasteiger partial charge is 0.480 e. The van der Waals surface area contributed by atoms with Crippen molar-refractivity contribution in [2.45, 2.75) is 456 Å². The second kappa shape index (κ2) is 65.6. The number of hydrogen-bond donors (Lipinski definition) is 6. The molecule has 6 N–H and O–H groups in total. The summed E-state index contributed by atoms with van der Waals surface area (Å²) < 4.78 is 54.8. The van der Waals surface area contributed by atoms with Gasteiger partial charge in [-0.15, -0.1) is 0 Å². The Labute approximate surface area is 617 Å². The molecule has 598 valence electrons. The lowest BCUT2D eigenvalue weighted by molar-refractivity contribution is -0.272. The number of phosphoric acid groups is 1. The molecule has 0 radical (unpaired) electrons. The first-order valence-electron chi connectivity index (χ1n) is 41.6. The van der Waals surface area contributed by atoms with E-state index in [2.05, 4.69) is 52.2 Å². The van der Waals surface area contributed by atoms with Gasteiger partial charge in [0.25, 0.3) is 0 Å². The third-order valence-electron chi connectivity index (χ3n) is 19.4. The number of amides is 2. The highest BCUT2D eigenvalue weighted by molar-refractivity contribution is 7.46. The Kier molecular flexibility index (Phi) is 61.9. The fraction of sp³-hybridized carbons (Fsp3) is 0.912. The minimum absolute atomic E-state index is 0.125. The zero-order valence-electron chi connectivity index (χ0n) is 65.1. The minimum Gasteiger partial charge on any atom is -0.480 e. The maximum atomic E-state index is 14.8. The third kappa shape index (κ3) is 54.0. The lowest BCUT2D eigenvalue weighted by Crippen LogP contribution is -2.66. The molecule has 1 aliphatic rings. The molecule has 1 aliphatic heterocycles. The van der Waals surface area contributed by atoms with E-state index in [4.69, 9.17) is 32.9 Å². The lowest BCUT2D eigenvalue weighted by Gasteiger charge is -2.45. The number of aliphatic hydroxyl groups is 1. The average Bonchev–Trinajstić information content (AvgIpc) is 0.781. The summed E-state index contributed by atoms with van der Waals surface area (Å²) in [5.74, 6) is -5.54. The number of carboxylic acids is 1. The van der Waals surface area contributed by atoms with Gasteiger partial charge >= 0.3 is 37.7 Å². The molecule has 21 nitrogen and oxygen atoms in total. The Morgan fingerprint density at radius 2 is 0.706 bits per heavy atom. The highest BCUT2D eigenvalue weighted by Gasteiger charge is 2.52. The van der Waals surface area contributed by atoms with Crippen molar-refractivity contribution in [3.05, 3.63) is 0 Å². The van der Waals surface area contributed by atoms with Crippen LogP contribution in [0.3, 0.4) is 0 Å². The first-order valence-corrected chi connectivity index (χ1v) is 43.1. The van der Waals surface area contributed by atoms with E-state index < -0.39 is 131 Å². The zero-order valence-corrected chi connectivity index (χ0v) is 66.0. The van der Waals surface area contributed by atoms with Gasteiger partial charge in [-0.3, -0.25) is 33.3 Å². The molecule has 22 heteroatoms. The number of carboxylic acid groups (broad SMARTS) is 1. The summed E-state index contributed by atoms with van der Waals surface area (Å²) in [6.45, 7) is 11.1. The Balaban J connectivity index is 3.85. The molecule has 0 saturated carbocycles. The SMILES string of the molecule is CCCCCCCCCCC[C@H](CC(=O)N[C@@H](CO[C@@H]1OC(CO)[C@@H](OP(=O)(O)O)C(OC(=O)C[C@@H](CCCCCCCCCCC)OC(=O)CCCCCCCCC)C1NC(=O)C[C@@H](CCCCCCCCCC)OC(=O)CCCCCCCCC)C(=O)O)OC(=O)CCCCCCCCC. The maximum absolute atomic E-state index is 14.8. The molecular weight excluding hydrogens is 1320 g/mol. The molecule has 0 aromatic rings. The summed E-state index contributed by atoms with van der Waals surface area (Å²) in [4.78, 5) is 118. The van der Waals surface area contributed by atoms with Crippen LogP contribution in [0.1, 0.15) is 401 Å². The standard InChI is InChI=1S/C80H149N2O19P/c1-7-13-19-25-31-34-40-43-48-54-65(96-72(86)57-51-45-36-28-22-16-10-4)60-70(84)81-68(79(90)91)64-95-80-76(82-71(85)61-66(55-49-42-39-33-27-21-15-9-3)97-73(87)58-52-46-37-29-23-17-11-5)78(77(69(63-83)99-80)101-102(92,93)94)100-75(89)62-67(56-50-44-41-35-32-26-20-14-8-2)98-74(88)59-53-47-38-30-24-18-12-6/h65-69,76-78,80,83H,7-64H2,1-6H3,(H,81,84)(H,82,85)(H,90,91)(H2,92,93,94)/t65-,66-,67-,68+,69?,76?,77-,78?,80-/m1/s1. The number of carbonyl (C=O) groups excluding carboxylic acids is 6. The number of hydrogen-bond acceptors (Lipinski definition) is 16. The van der Waals surface area contributed by atoms with Crippen LogP contribution in [0.4, 0.5) is 0 Å². The first kappa shape index (κ1) is 96.3. The first-order chi connectivity index (χ1) is 49.3. The number of aliphatic hydroxyl groups excluding tert-OH is 1. The van der Waals surface area contributed by atoms with Crippen LogP contribution in [0.2, 0.25) is 0 Å². The second-order valence-electron chi connectivity index (χ2n) is 29.2. The molecule has 1 saturated heterocycles. The number of carbonyl (C=O) groups is 7. The van der Waals surface area contributed by atoms with Crippen LogP contribution in [-0.4, -0.2) is 130 Å². The number of ether oxygens (including phenoxy) is 6. The number of rotatable bonds is 72. The Morgan fingerprint density at radius 3 is 1.02 bits per heavy atom. The van der Waals surface area contributed by atoms with Gasteiger partial charge in [-0.05, 0) is 57.8 Å². The third-order valence-corrected chi connectivity index (χ3v) is 20.0. The molecule has 0 spiro atoms. The van der Waals surface area contributed by atoms with Gasteiger partial charge in [0.2, 0.25) is 11.8 Å². The quantitative estimate of drug-likeness (QED) is 0.0143. The molecule has 102 heavy (non-hydrogen) atoms. The fourth-order valence-corrected chi connectivity index (χ4v) is 13.9. The Bertz CT molecular complexity index is 2150. The summed E-state index contributed by atoms with van der Waals surface area (Å²) in [5.41, 5.74) is 0. The van der Waals surface area contributed by atoms with E-state index in [1.165, 1.54) is 32.1 Å². The summed E-state index contributed by atoms with van der Waals surface area (Å²) >= 11 is 0. The number of unbranched alkanes of at least 4 members (excludes halogenated alkanes) is 41. The van der Waals surface area contributed by atoms with E-state index in [0.29, 0.717) is 51.4 Å². The molecule has 9 atom stereocenters. The number of esters is 4. The van der Waals surface area contributed by atoms with Crippen LogP contribution < -0.4 is 10.6 Å². The molecule has 0 bridgehead atoms. The van der Waals surface area contributed by atoms with Gasteiger partial charge < -0.3 is 59.1 Å². The molecule has 1 rings (SSSR count). The molecule has 1 heterocycles. The maximum Gasteiger partial charge on any atom is 0.470 e. The van der Waals surface area contributed by atoms with Crippen molar-refractivity contribution in [1.29, 1.82) is 0 Å². The molecule has 1 fully saturated rings. The van der Waals surface area contributed by atoms with Crippen molar-refractivity contribution in [3.63, 3.8) is 0 Å². The lowest BCUT2D eigenvalue weighted by atomic mass is 9.95. The topological polar surface area (TPSA) is 306 Å². The molecule has 0 aromatic heterocycles. The van der Waals surface area contributed by atoms with E-state index in [1.54, 1.807) is 0 Å². The van der Waals surface area contributed by atoms with Crippen LogP contribution in [0.15, 0.2) is 0 Å². The summed E-state index contributed by atoms with van der Waals surface area (Å²) in [6.07, 6.45) is 36.8. The van der Waals surface area contributed by atoms with Crippen molar-refractivity contribution >= 4 is 49.5 Å². The van der Waals surface area contributed by atoms with Gasteiger partial charge in [0.05, 0.1) is 32.5 Å². The van der Waals surface area contributed by atoms with Crippen molar-refractivity contribution < 1.29 is 91.1 Å². The summed E-state index contributed by atoms with van der Waals surface area (Å²) in [5, 5.41) is 26.9. The Morgan fingerprint density at radius 1 is 0.402 bits per heavy atom. The number of aliphatic carboxylic acids is 1. The van der Waals surface area contributed by atoms with Crippen molar-refractivity contribution in [2.24, 2.45) is 0 Å². The monoisotopic (exact) mass is 1470 g/mol. The van der Waals surface area contributed by atoms with Gasteiger partial charge in [-0.25, -0.2) is 9.36 Å². The number of nitrogens with one attached hydrogen (secondary N) is 2. The summed E-state index contributed by atoms with van der Waals surface area (Å²) in [6, 6.07) is -3.60. The van der Waals surface area contributed by atoms with Crippen LogP contribution in [0.25, 0.3) is 0 Å². The number of phosphoric ester groups is 1. The smallest absolute Gasteiger partial charge is 0.470 e. The molecular formula is C80H149N2O19P. The zero-order chi connectivity index (χ0) is 75.1. The predicted octanol–water partition coefficient (Wildman–Crippen LogP) is 18.9. The van der Waals surface area contributed by atoms with E-state index >= 15 is 0 Å². The van der Waals surface area contributed by atoms with Crippen molar-refractivity contribution in [3.8, 4) is 0 Å². The van der Waals surface area contributed by atoms with Crippen molar-refractivity contribution in [1.82, 2.24) is 10.6 Å². The fourth-order valence-electron chi connectivity index (χ4n) is 13.3.